The smallest absolute Gasteiger partial charge is 0.269 e. The molecule has 0 aliphatic carbocycles. The van der Waals surface area contributed by atoms with E-state index in [2.05, 4.69) is 25.4 Å². The summed E-state index contributed by atoms with van der Waals surface area (Å²) in [6.07, 6.45) is 0.416. The topological polar surface area (TPSA) is 108 Å². The molecule has 9 nitrogen and oxygen atoms in total. The number of fused-ring (bicyclic) bond motifs is 1. The third-order valence-electron chi connectivity index (χ3n) is 4.65. The fraction of sp³-hybridized carbons (Fsp3) is 0.136. The highest BCUT2D eigenvalue weighted by atomic mass is 16.6. The van der Waals surface area contributed by atoms with Crippen molar-refractivity contribution in [3.05, 3.63) is 82.4 Å². The third-order valence-corrected chi connectivity index (χ3v) is 4.65. The second-order valence-corrected chi connectivity index (χ2v) is 7.10. The Labute approximate surface area is 178 Å². The van der Waals surface area contributed by atoms with Crippen LogP contribution in [0.3, 0.4) is 0 Å². The van der Waals surface area contributed by atoms with Gasteiger partial charge in [-0.25, -0.2) is 4.99 Å². The van der Waals surface area contributed by atoms with Crippen molar-refractivity contribution < 1.29 is 4.92 Å². The standard InChI is InChI=1S/C22H19N7O2/c1-28(2)19-9-7-18(8-10-19)25-24-16-3-5-17(6-4-16)26-27-22-14-15-13-20(29(30)31)11-12-21(15)23-22/h3-13H,14H2,1-2H3. The molecule has 1 aliphatic rings. The zero-order valence-corrected chi connectivity index (χ0v) is 17.0. The molecular weight excluding hydrogens is 394 g/mol. The summed E-state index contributed by atoms with van der Waals surface area (Å²) >= 11 is 0. The number of aliphatic imine (C=N–C) groups is 1. The number of rotatable bonds is 5. The van der Waals surface area contributed by atoms with E-state index >= 15 is 0 Å². The van der Waals surface area contributed by atoms with Crippen LogP contribution < -0.4 is 4.90 Å². The van der Waals surface area contributed by atoms with Crippen molar-refractivity contribution in [2.24, 2.45) is 25.4 Å². The fourth-order valence-corrected chi connectivity index (χ4v) is 2.98. The number of nitro benzene ring substituents is 1. The quantitative estimate of drug-likeness (QED) is 0.272. The van der Waals surface area contributed by atoms with Crippen LogP contribution in [0.4, 0.5) is 34.1 Å². The van der Waals surface area contributed by atoms with Gasteiger partial charge in [0.2, 0.25) is 0 Å². The Balaban J connectivity index is 1.38. The Kier molecular flexibility index (Phi) is 5.57. The molecule has 0 unspecified atom stereocenters. The lowest BCUT2D eigenvalue weighted by atomic mass is 10.1. The van der Waals surface area contributed by atoms with Crippen molar-refractivity contribution in [3.8, 4) is 0 Å². The van der Waals surface area contributed by atoms with Gasteiger partial charge in [-0.15, -0.1) is 10.2 Å². The van der Waals surface area contributed by atoms with Crippen LogP contribution in [0.1, 0.15) is 5.56 Å². The molecule has 9 heteroatoms. The molecule has 0 fully saturated rings. The third kappa shape index (κ3) is 4.84. The number of anilines is 1. The zero-order chi connectivity index (χ0) is 21.8. The lowest BCUT2D eigenvalue weighted by Crippen LogP contribution is -2.07. The molecule has 0 aromatic heterocycles. The van der Waals surface area contributed by atoms with E-state index in [9.17, 15) is 10.1 Å². The predicted octanol–water partition coefficient (Wildman–Crippen LogP) is 6.45. The molecule has 0 amide bonds. The summed E-state index contributed by atoms with van der Waals surface area (Å²) in [7, 11) is 3.97. The molecule has 0 radical (unpaired) electrons. The molecule has 1 heterocycles. The monoisotopic (exact) mass is 413 g/mol. The van der Waals surface area contributed by atoms with Crippen LogP contribution in [0.15, 0.2) is 92.2 Å². The van der Waals surface area contributed by atoms with Gasteiger partial charge in [0.1, 0.15) is 0 Å². The van der Waals surface area contributed by atoms with Crippen LogP contribution in [-0.4, -0.2) is 24.9 Å². The van der Waals surface area contributed by atoms with E-state index in [4.69, 9.17) is 0 Å². The second-order valence-electron chi connectivity index (χ2n) is 7.10. The van der Waals surface area contributed by atoms with Crippen LogP contribution in [0.25, 0.3) is 0 Å². The molecule has 0 saturated carbocycles. The summed E-state index contributed by atoms with van der Waals surface area (Å²) in [4.78, 5) is 16.9. The summed E-state index contributed by atoms with van der Waals surface area (Å²) in [5.74, 6) is 0.514. The first-order valence-electron chi connectivity index (χ1n) is 9.54. The maximum absolute atomic E-state index is 10.9. The van der Waals surface area contributed by atoms with Gasteiger partial charge in [-0.2, -0.15) is 10.2 Å². The van der Waals surface area contributed by atoms with Crippen molar-refractivity contribution >= 4 is 40.0 Å². The Morgan fingerprint density at radius 3 is 1.94 bits per heavy atom. The lowest BCUT2D eigenvalue weighted by Gasteiger charge is -2.11. The summed E-state index contributed by atoms with van der Waals surface area (Å²) in [6.45, 7) is 0. The maximum atomic E-state index is 10.9. The van der Waals surface area contributed by atoms with Gasteiger partial charge >= 0.3 is 0 Å². The van der Waals surface area contributed by atoms with Crippen LogP contribution in [0, 0.1) is 10.1 Å². The first kappa shape index (κ1) is 20.0. The van der Waals surface area contributed by atoms with Crippen molar-refractivity contribution in [1.29, 1.82) is 0 Å². The largest absolute Gasteiger partial charge is 0.378 e. The van der Waals surface area contributed by atoms with E-state index < -0.39 is 4.92 Å². The van der Waals surface area contributed by atoms with E-state index in [-0.39, 0.29) is 5.69 Å². The van der Waals surface area contributed by atoms with E-state index in [1.54, 1.807) is 30.3 Å². The minimum absolute atomic E-state index is 0.0468. The number of hydrogen-bond acceptors (Lipinski definition) is 8. The SMILES string of the molecule is CN(C)c1ccc(N=Nc2ccc(N=NC3=Nc4ccc([N+](=O)[O-])cc4C3)cc2)cc1. The Morgan fingerprint density at radius 2 is 1.39 bits per heavy atom. The lowest BCUT2D eigenvalue weighted by molar-refractivity contribution is -0.384. The molecule has 0 bridgehead atoms. The van der Waals surface area contributed by atoms with Gasteiger partial charge < -0.3 is 4.90 Å². The highest BCUT2D eigenvalue weighted by Gasteiger charge is 2.18. The second kappa shape index (κ2) is 8.62. The van der Waals surface area contributed by atoms with E-state index in [1.807, 2.05) is 43.3 Å². The zero-order valence-electron chi connectivity index (χ0n) is 17.0. The minimum Gasteiger partial charge on any atom is -0.378 e. The summed E-state index contributed by atoms with van der Waals surface area (Å²) in [5.41, 5.74) is 4.74. The molecule has 31 heavy (non-hydrogen) atoms. The summed E-state index contributed by atoms with van der Waals surface area (Å²) < 4.78 is 0. The molecule has 0 saturated heterocycles. The Hall–Kier alpha value is -4.27. The number of hydrogen-bond donors (Lipinski definition) is 0. The molecular formula is C22H19N7O2. The molecule has 4 rings (SSSR count). The average molecular weight is 413 g/mol. The molecule has 0 N–H and O–H groups in total. The highest BCUT2D eigenvalue weighted by molar-refractivity contribution is 5.93. The van der Waals surface area contributed by atoms with E-state index in [0.717, 1.165) is 16.9 Å². The first-order valence-corrected chi connectivity index (χ1v) is 9.54. The van der Waals surface area contributed by atoms with Crippen LogP contribution >= 0.6 is 0 Å². The van der Waals surface area contributed by atoms with Gasteiger partial charge in [-0.3, -0.25) is 10.1 Å². The van der Waals surface area contributed by atoms with Crippen LogP contribution in [0.5, 0.6) is 0 Å². The highest BCUT2D eigenvalue weighted by Crippen LogP contribution is 2.31. The average Bonchev–Trinajstić information content (AvgIpc) is 3.19. The molecule has 3 aromatic carbocycles. The Bertz CT molecular complexity index is 1200. The van der Waals surface area contributed by atoms with E-state index in [1.165, 1.54) is 12.1 Å². The number of azo groups is 2. The van der Waals surface area contributed by atoms with Gasteiger partial charge in [0.15, 0.2) is 5.84 Å². The van der Waals surface area contributed by atoms with Crippen LogP contribution in [0.2, 0.25) is 0 Å². The molecule has 3 aromatic rings. The normalized spacial score (nSPS) is 12.9. The molecule has 154 valence electrons. The van der Waals surface area contributed by atoms with Gasteiger partial charge in [0.05, 0.1) is 27.7 Å². The molecule has 0 spiro atoms. The first-order chi connectivity index (χ1) is 15.0. The molecule has 1 aliphatic heterocycles. The predicted molar refractivity (Wildman–Crippen MR) is 120 cm³/mol. The van der Waals surface area contributed by atoms with E-state index in [0.29, 0.717) is 29.3 Å². The summed E-state index contributed by atoms with van der Waals surface area (Å²) in [5, 5.41) is 27.8. The number of benzene rings is 3. The number of non-ortho nitro benzene ring substituents is 1. The molecule has 0 atom stereocenters. The van der Waals surface area contributed by atoms with Crippen molar-refractivity contribution in [1.82, 2.24) is 0 Å². The van der Waals surface area contributed by atoms with Gasteiger partial charge in [0, 0.05) is 38.3 Å². The number of nitro groups is 1. The maximum Gasteiger partial charge on any atom is 0.269 e. The summed E-state index contributed by atoms with van der Waals surface area (Å²) in [6, 6.07) is 19.6. The minimum atomic E-state index is -0.419. The van der Waals surface area contributed by atoms with Crippen LogP contribution in [-0.2, 0) is 6.42 Å². The fourth-order valence-electron chi connectivity index (χ4n) is 2.98. The van der Waals surface area contributed by atoms with Gasteiger partial charge in [-0.1, -0.05) is 0 Å². The van der Waals surface area contributed by atoms with Gasteiger partial charge in [-0.05, 0) is 60.2 Å². The Morgan fingerprint density at radius 1 is 0.839 bits per heavy atom. The van der Waals surface area contributed by atoms with Crippen molar-refractivity contribution in [2.45, 2.75) is 6.42 Å². The van der Waals surface area contributed by atoms with Gasteiger partial charge in [0.25, 0.3) is 5.69 Å². The number of nitrogens with zero attached hydrogens (tertiary/aromatic N) is 7. The van der Waals surface area contributed by atoms with Crippen molar-refractivity contribution in [3.63, 3.8) is 0 Å². The van der Waals surface area contributed by atoms with Crippen molar-refractivity contribution in [2.75, 3.05) is 19.0 Å². The number of amidine groups is 1.